The van der Waals surface area contributed by atoms with Gasteiger partial charge in [0.15, 0.2) is 6.29 Å². The Morgan fingerprint density at radius 2 is 2.00 bits per heavy atom. The lowest BCUT2D eigenvalue weighted by atomic mass is 10.1. The van der Waals surface area contributed by atoms with Crippen LogP contribution in [0.4, 0.5) is 5.82 Å². The number of aromatic nitrogens is 1. The van der Waals surface area contributed by atoms with Gasteiger partial charge in [-0.15, -0.1) is 0 Å². The molecule has 1 fully saturated rings. The van der Waals surface area contributed by atoms with Crippen LogP contribution in [0.1, 0.15) is 32.3 Å². The van der Waals surface area contributed by atoms with Crippen LogP contribution in [0.3, 0.4) is 0 Å². The molecule has 0 atom stereocenters. The molecule has 5 nitrogen and oxygen atoms in total. The molecule has 0 amide bonds. The van der Waals surface area contributed by atoms with Gasteiger partial charge in [0.1, 0.15) is 5.82 Å². The summed E-state index contributed by atoms with van der Waals surface area (Å²) in [5, 5.41) is 7.77. The molecule has 0 aromatic carbocycles. The number of nitrogens with zero attached hydrogens (tertiary/aromatic N) is 2. The second-order valence-corrected chi connectivity index (χ2v) is 4.28. The Labute approximate surface area is 120 Å². The molecule has 0 aliphatic carbocycles. The molecule has 2 rings (SSSR count). The summed E-state index contributed by atoms with van der Waals surface area (Å²) in [6, 6.07) is 3.73. The first kappa shape index (κ1) is 15.9. The molecule has 1 aliphatic heterocycles. The van der Waals surface area contributed by atoms with Crippen molar-refractivity contribution in [2.75, 3.05) is 18.0 Å². The number of allylic oxidation sites excluding steroid dienone is 2. The topological polar surface area (TPSA) is 83.1 Å². The molecule has 1 aliphatic rings. The predicted molar refractivity (Wildman–Crippen MR) is 82.2 cm³/mol. The van der Waals surface area contributed by atoms with E-state index in [4.69, 9.17) is 11.1 Å². The third-order valence-electron chi connectivity index (χ3n) is 2.94. The van der Waals surface area contributed by atoms with E-state index in [0.717, 1.165) is 18.9 Å². The van der Waals surface area contributed by atoms with E-state index < -0.39 is 0 Å². The second-order valence-electron chi connectivity index (χ2n) is 4.28. The van der Waals surface area contributed by atoms with Gasteiger partial charge < -0.3 is 16.0 Å². The number of carbonyl (C=O) groups is 1. The summed E-state index contributed by atoms with van der Waals surface area (Å²) in [7, 11) is 0. The SMILES string of the molecule is CC.N=C(/C=C(\N)C=O)c1ccc(N2CCCC2)nc1. The van der Waals surface area contributed by atoms with Gasteiger partial charge in [-0.3, -0.25) is 4.79 Å². The van der Waals surface area contributed by atoms with Gasteiger partial charge in [-0.2, -0.15) is 0 Å². The van der Waals surface area contributed by atoms with Gasteiger partial charge in [0.05, 0.1) is 11.4 Å². The van der Waals surface area contributed by atoms with Crippen LogP contribution in [0.15, 0.2) is 30.1 Å². The summed E-state index contributed by atoms with van der Waals surface area (Å²) in [4.78, 5) is 17.0. The van der Waals surface area contributed by atoms with Crippen molar-refractivity contribution in [2.45, 2.75) is 26.7 Å². The lowest BCUT2D eigenvalue weighted by Gasteiger charge is -2.16. The Morgan fingerprint density at radius 3 is 2.50 bits per heavy atom. The molecular formula is C15H22N4O. The van der Waals surface area contributed by atoms with Crippen molar-refractivity contribution in [2.24, 2.45) is 5.73 Å². The molecule has 5 heteroatoms. The minimum absolute atomic E-state index is 0.0450. The average molecular weight is 274 g/mol. The highest BCUT2D eigenvalue weighted by atomic mass is 16.1. The maximum absolute atomic E-state index is 10.4. The van der Waals surface area contributed by atoms with Crippen LogP contribution in [-0.4, -0.2) is 30.1 Å². The number of hydrogen-bond donors (Lipinski definition) is 2. The van der Waals surface area contributed by atoms with E-state index in [2.05, 4.69) is 9.88 Å². The Hall–Kier alpha value is -2.17. The normalized spacial score (nSPS) is 14.5. The average Bonchev–Trinajstić information content (AvgIpc) is 3.03. The Kier molecular flexibility index (Phi) is 6.43. The summed E-state index contributed by atoms with van der Waals surface area (Å²) < 4.78 is 0. The Bertz CT molecular complexity index is 473. The third-order valence-corrected chi connectivity index (χ3v) is 2.94. The number of nitrogens with one attached hydrogen (secondary N) is 1. The van der Waals surface area contributed by atoms with Gasteiger partial charge in [0.25, 0.3) is 0 Å². The van der Waals surface area contributed by atoms with E-state index in [9.17, 15) is 4.79 Å². The molecule has 3 N–H and O–H groups in total. The van der Waals surface area contributed by atoms with Crippen molar-refractivity contribution >= 4 is 17.8 Å². The fourth-order valence-corrected chi connectivity index (χ4v) is 1.96. The first-order valence-corrected chi connectivity index (χ1v) is 6.93. The number of anilines is 1. The van der Waals surface area contributed by atoms with Crippen molar-refractivity contribution in [3.05, 3.63) is 35.7 Å². The summed E-state index contributed by atoms with van der Waals surface area (Å²) in [6.45, 7) is 6.09. The number of hydrogen-bond acceptors (Lipinski definition) is 5. The Balaban J connectivity index is 0.000000956. The fraction of sp³-hybridized carbons (Fsp3) is 0.400. The van der Waals surface area contributed by atoms with E-state index in [-0.39, 0.29) is 11.4 Å². The summed E-state index contributed by atoms with van der Waals surface area (Å²) in [6.07, 6.45) is 5.92. The van der Waals surface area contributed by atoms with Gasteiger partial charge in [-0.05, 0) is 31.1 Å². The van der Waals surface area contributed by atoms with Crippen LogP contribution in [-0.2, 0) is 4.79 Å². The predicted octanol–water partition coefficient (Wildman–Crippen LogP) is 2.12. The van der Waals surface area contributed by atoms with Crippen LogP contribution in [0, 0.1) is 5.41 Å². The van der Waals surface area contributed by atoms with Gasteiger partial charge in [-0.1, -0.05) is 13.8 Å². The van der Waals surface area contributed by atoms with Crippen LogP contribution in [0.2, 0.25) is 0 Å². The Morgan fingerprint density at radius 1 is 1.35 bits per heavy atom. The molecule has 0 unspecified atom stereocenters. The molecule has 1 aromatic heterocycles. The second kappa shape index (κ2) is 8.09. The maximum atomic E-state index is 10.4. The summed E-state index contributed by atoms with van der Waals surface area (Å²) in [5.41, 5.74) is 6.26. The summed E-state index contributed by atoms with van der Waals surface area (Å²) in [5.74, 6) is 0.941. The monoisotopic (exact) mass is 274 g/mol. The fourth-order valence-electron chi connectivity index (χ4n) is 1.96. The molecule has 108 valence electrons. The van der Waals surface area contributed by atoms with Crippen molar-refractivity contribution in [1.82, 2.24) is 4.98 Å². The number of nitrogens with two attached hydrogens (primary N) is 1. The maximum Gasteiger partial charge on any atom is 0.165 e. The van der Waals surface area contributed by atoms with Crippen molar-refractivity contribution < 1.29 is 4.79 Å². The number of pyridine rings is 1. The zero-order chi connectivity index (χ0) is 15.0. The lowest BCUT2D eigenvalue weighted by Crippen LogP contribution is -2.18. The van der Waals surface area contributed by atoms with E-state index in [1.165, 1.54) is 18.9 Å². The quantitative estimate of drug-likeness (QED) is 0.500. The van der Waals surface area contributed by atoms with Crippen molar-refractivity contribution in [3.63, 3.8) is 0 Å². The van der Waals surface area contributed by atoms with Crippen LogP contribution >= 0.6 is 0 Å². The lowest BCUT2D eigenvalue weighted by molar-refractivity contribution is -0.104. The van der Waals surface area contributed by atoms with Crippen LogP contribution < -0.4 is 10.6 Å². The molecule has 20 heavy (non-hydrogen) atoms. The third kappa shape index (κ3) is 4.19. The number of carbonyl (C=O) groups excluding carboxylic acids is 1. The molecule has 1 saturated heterocycles. The van der Waals surface area contributed by atoms with E-state index >= 15 is 0 Å². The smallest absolute Gasteiger partial charge is 0.165 e. The van der Waals surface area contributed by atoms with Gasteiger partial charge in [0.2, 0.25) is 0 Å². The standard InChI is InChI=1S/C13H16N4O.C2H6/c14-11(9-18)7-12(15)10-3-4-13(16-8-10)17-5-1-2-6-17;1-2/h3-4,7-9,15H,1-2,5-6,14H2;1-2H3/b11-7-,15-12?;. The molecule has 0 spiro atoms. The van der Waals surface area contributed by atoms with Gasteiger partial charge >= 0.3 is 0 Å². The van der Waals surface area contributed by atoms with E-state index in [1.807, 2.05) is 26.0 Å². The van der Waals surface area contributed by atoms with E-state index in [0.29, 0.717) is 11.8 Å². The first-order valence-electron chi connectivity index (χ1n) is 6.93. The van der Waals surface area contributed by atoms with E-state index in [1.54, 1.807) is 6.20 Å². The molecular weight excluding hydrogens is 252 g/mol. The van der Waals surface area contributed by atoms with Crippen molar-refractivity contribution in [1.29, 1.82) is 5.41 Å². The minimum atomic E-state index is 0.0450. The minimum Gasteiger partial charge on any atom is -0.396 e. The zero-order valence-corrected chi connectivity index (χ0v) is 12.1. The highest BCUT2D eigenvalue weighted by Crippen LogP contribution is 2.17. The summed E-state index contributed by atoms with van der Waals surface area (Å²) >= 11 is 0. The van der Waals surface area contributed by atoms with Crippen molar-refractivity contribution in [3.8, 4) is 0 Å². The molecule has 1 aromatic rings. The number of aldehydes is 1. The number of rotatable bonds is 4. The molecule has 0 saturated carbocycles. The van der Waals surface area contributed by atoms with Gasteiger partial charge in [-0.25, -0.2) is 4.98 Å². The highest BCUT2D eigenvalue weighted by molar-refractivity contribution is 6.08. The molecule has 0 radical (unpaired) electrons. The largest absolute Gasteiger partial charge is 0.396 e. The zero-order valence-electron chi connectivity index (χ0n) is 12.1. The van der Waals surface area contributed by atoms with Gasteiger partial charge in [0, 0.05) is 24.8 Å². The highest BCUT2D eigenvalue weighted by Gasteiger charge is 2.13. The van der Waals surface area contributed by atoms with Crippen LogP contribution in [0.5, 0.6) is 0 Å². The first-order chi connectivity index (χ1) is 9.70. The molecule has 2 heterocycles. The molecule has 0 bridgehead atoms. The van der Waals surface area contributed by atoms with Crippen LogP contribution in [0.25, 0.3) is 0 Å².